The van der Waals surface area contributed by atoms with Gasteiger partial charge in [-0.2, -0.15) is 0 Å². The molecule has 2 N–H and O–H groups in total. The molecule has 4 heteroatoms. The van der Waals surface area contributed by atoms with Crippen molar-refractivity contribution in [1.82, 2.24) is 4.90 Å². The maximum atomic E-state index is 9.92. The Morgan fingerprint density at radius 2 is 2.21 bits per heavy atom. The van der Waals surface area contributed by atoms with E-state index in [1.165, 1.54) is 19.4 Å². The number of rotatable bonds is 3. The number of benzene rings is 1. The quantitative estimate of drug-likeness (QED) is 0.897. The summed E-state index contributed by atoms with van der Waals surface area (Å²) >= 11 is 3.58. The predicted octanol–water partition coefficient (Wildman–Crippen LogP) is 2.85. The average molecular weight is 325 g/mol. The Morgan fingerprint density at radius 3 is 3.00 bits per heavy atom. The summed E-state index contributed by atoms with van der Waals surface area (Å²) in [7, 11) is 0. The van der Waals surface area contributed by atoms with Crippen molar-refractivity contribution in [2.75, 3.05) is 25.0 Å². The minimum Gasteiger partial charge on any atom is -0.394 e. The van der Waals surface area contributed by atoms with Gasteiger partial charge in [-0.15, -0.1) is 0 Å². The number of hydrogen-bond donors (Lipinski definition) is 2. The second-order valence-electron chi connectivity index (χ2n) is 5.83. The van der Waals surface area contributed by atoms with Gasteiger partial charge in [0.25, 0.3) is 0 Å². The molecule has 0 aliphatic carbocycles. The molecule has 0 saturated carbocycles. The highest BCUT2D eigenvalue weighted by Crippen LogP contribution is 2.36. The van der Waals surface area contributed by atoms with Crippen molar-refractivity contribution in [3.8, 4) is 0 Å². The second kappa shape index (κ2) is 5.43. The number of aliphatic hydroxyl groups is 1. The Balaban J connectivity index is 1.78. The lowest BCUT2D eigenvalue weighted by Crippen LogP contribution is -2.54. The number of nitrogens with zero attached hydrogens (tertiary/aromatic N) is 1. The Kier molecular flexibility index (Phi) is 3.83. The number of nitrogens with one attached hydrogen (secondary N) is 1. The second-order valence-corrected chi connectivity index (χ2v) is 6.68. The molecule has 2 saturated heterocycles. The van der Waals surface area contributed by atoms with E-state index in [-0.39, 0.29) is 12.1 Å². The van der Waals surface area contributed by atoms with Gasteiger partial charge >= 0.3 is 0 Å². The van der Waals surface area contributed by atoms with Gasteiger partial charge in [-0.1, -0.05) is 12.1 Å². The lowest BCUT2D eigenvalue weighted by atomic mass is 9.83. The summed E-state index contributed by atoms with van der Waals surface area (Å²) in [5, 5.41) is 13.5. The average Bonchev–Trinajstić information content (AvgIpc) is 2.88. The van der Waals surface area contributed by atoms with Gasteiger partial charge in [0.1, 0.15) is 0 Å². The first-order valence-electron chi connectivity index (χ1n) is 7.10. The Bertz CT molecular complexity index is 454. The van der Waals surface area contributed by atoms with Crippen LogP contribution in [0.25, 0.3) is 0 Å². The standard InChI is InChI=1S/C15H21BrN2O/c16-13-5-1-2-6-14(13)17-15(11-19)7-9-18-8-3-4-12(18)10-15/h1-2,5-6,12,17,19H,3-4,7-11H2. The zero-order valence-corrected chi connectivity index (χ0v) is 12.7. The molecule has 0 radical (unpaired) electrons. The number of piperidine rings is 1. The van der Waals surface area contributed by atoms with E-state index in [0.717, 1.165) is 29.5 Å². The van der Waals surface area contributed by atoms with E-state index in [9.17, 15) is 5.11 Å². The minimum absolute atomic E-state index is 0.157. The Hall–Kier alpha value is -0.580. The molecule has 3 rings (SSSR count). The molecule has 1 aromatic rings. The number of fused-ring (bicyclic) bond motifs is 1. The van der Waals surface area contributed by atoms with Crippen molar-refractivity contribution in [3.05, 3.63) is 28.7 Å². The SMILES string of the molecule is OCC1(Nc2ccccc2Br)CCN2CCCC2C1. The zero-order chi connectivity index (χ0) is 13.3. The van der Waals surface area contributed by atoms with E-state index in [0.29, 0.717) is 6.04 Å². The molecule has 2 fully saturated rings. The van der Waals surface area contributed by atoms with Gasteiger partial charge in [0.05, 0.1) is 12.1 Å². The van der Waals surface area contributed by atoms with Crippen LogP contribution in [0.1, 0.15) is 25.7 Å². The van der Waals surface area contributed by atoms with Crippen LogP contribution in [0, 0.1) is 0 Å². The lowest BCUT2D eigenvalue weighted by Gasteiger charge is -2.44. The van der Waals surface area contributed by atoms with Gasteiger partial charge in [-0.3, -0.25) is 0 Å². The molecular formula is C15H21BrN2O. The number of anilines is 1. The lowest BCUT2D eigenvalue weighted by molar-refractivity contribution is 0.0964. The summed E-state index contributed by atoms with van der Waals surface area (Å²) in [6.07, 6.45) is 4.65. The fraction of sp³-hybridized carbons (Fsp3) is 0.600. The summed E-state index contributed by atoms with van der Waals surface area (Å²) in [5.41, 5.74) is 0.929. The van der Waals surface area contributed by atoms with Crippen LogP contribution in [-0.2, 0) is 0 Å². The first-order valence-corrected chi connectivity index (χ1v) is 7.89. The van der Waals surface area contributed by atoms with Crippen LogP contribution in [0.15, 0.2) is 28.7 Å². The Morgan fingerprint density at radius 1 is 1.37 bits per heavy atom. The first-order chi connectivity index (χ1) is 9.22. The number of halogens is 1. The van der Waals surface area contributed by atoms with Gasteiger partial charge < -0.3 is 15.3 Å². The normalized spacial score (nSPS) is 31.2. The van der Waals surface area contributed by atoms with Crippen molar-refractivity contribution < 1.29 is 5.11 Å². The molecule has 0 aromatic heterocycles. The summed E-state index contributed by atoms with van der Waals surface area (Å²) in [4.78, 5) is 2.58. The summed E-state index contributed by atoms with van der Waals surface area (Å²) < 4.78 is 1.07. The van der Waals surface area contributed by atoms with Crippen LogP contribution in [0.4, 0.5) is 5.69 Å². The van der Waals surface area contributed by atoms with Crippen LogP contribution >= 0.6 is 15.9 Å². The molecule has 2 unspecified atom stereocenters. The minimum atomic E-state index is -0.157. The maximum absolute atomic E-state index is 9.92. The molecule has 19 heavy (non-hydrogen) atoms. The topological polar surface area (TPSA) is 35.5 Å². The highest BCUT2D eigenvalue weighted by molar-refractivity contribution is 9.10. The van der Waals surface area contributed by atoms with E-state index in [2.05, 4.69) is 32.2 Å². The Labute approximate surface area is 123 Å². The highest BCUT2D eigenvalue weighted by atomic mass is 79.9. The third kappa shape index (κ3) is 2.67. The first kappa shape index (κ1) is 13.4. The van der Waals surface area contributed by atoms with Gasteiger partial charge in [-0.05, 0) is 60.3 Å². The fourth-order valence-electron chi connectivity index (χ4n) is 3.48. The van der Waals surface area contributed by atoms with E-state index in [1.54, 1.807) is 0 Å². The van der Waals surface area contributed by atoms with E-state index < -0.39 is 0 Å². The molecule has 0 bridgehead atoms. The molecular weight excluding hydrogens is 304 g/mol. The monoisotopic (exact) mass is 324 g/mol. The zero-order valence-electron chi connectivity index (χ0n) is 11.1. The van der Waals surface area contributed by atoms with Gasteiger partial charge in [0.15, 0.2) is 0 Å². The smallest absolute Gasteiger partial charge is 0.0662 e. The van der Waals surface area contributed by atoms with Crippen LogP contribution < -0.4 is 5.32 Å². The summed E-state index contributed by atoms with van der Waals surface area (Å²) in [5.74, 6) is 0. The largest absolute Gasteiger partial charge is 0.394 e. The van der Waals surface area contributed by atoms with Crippen molar-refractivity contribution in [1.29, 1.82) is 0 Å². The molecule has 104 valence electrons. The highest BCUT2D eigenvalue weighted by Gasteiger charge is 2.41. The predicted molar refractivity (Wildman–Crippen MR) is 81.4 cm³/mol. The van der Waals surface area contributed by atoms with Crippen LogP contribution in [0.3, 0.4) is 0 Å². The van der Waals surface area contributed by atoms with Gasteiger partial charge in [0, 0.05) is 22.7 Å². The molecule has 2 aliphatic rings. The van der Waals surface area contributed by atoms with Crippen molar-refractivity contribution in [3.63, 3.8) is 0 Å². The number of hydrogen-bond acceptors (Lipinski definition) is 3. The molecule has 1 aromatic carbocycles. The molecule has 2 heterocycles. The van der Waals surface area contributed by atoms with E-state index in [1.807, 2.05) is 18.2 Å². The molecule has 2 atom stereocenters. The maximum Gasteiger partial charge on any atom is 0.0662 e. The third-order valence-corrected chi connectivity index (χ3v) is 5.27. The van der Waals surface area contributed by atoms with Crippen LogP contribution in [0.2, 0.25) is 0 Å². The van der Waals surface area contributed by atoms with Crippen LogP contribution in [-0.4, -0.2) is 41.3 Å². The number of para-hydroxylation sites is 1. The number of aliphatic hydroxyl groups excluding tert-OH is 1. The van der Waals surface area contributed by atoms with Gasteiger partial charge in [-0.25, -0.2) is 0 Å². The van der Waals surface area contributed by atoms with Gasteiger partial charge in [0.2, 0.25) is 0 Å². The van der Waals surface area contributed by atoms with Crippen LogP contribution in [0.5, 0.6) is 0 Å². The molecule has 0 amide bonds. The molecule has 2 aliphatic heterocycles. The van der Waals surface area contributed by atoms with Crippen molar-refractivity contribution in [2.45, 2.75) is 37.3 Å². The van der Waals surface area contributed by atoms with E-state index >= 15 is 0 Å². The molecule has 0 spiro atoms. The third-order valence-electron chi connectivity index (χ3n) is 4.58. The summed E-state index contributed by atoms with van der Waals surface area (Å²) in [6, 6.07) is 8.81. The fourth-order valence-corrected chi connectivity index (χ4v) is 3.86. The summed E-state index contributed by atoms with van der Waals surface area (Å²) in [6.45, 7) is 2.54. The van der Waals surface area contributed by atoms with Crippen molar-refractivity contribution in [2.24, 2.45) is 0 Å². The van der Waals surface area contributed by atoms with E-state index in [4.69, 9.17) is 0 Å². The molecule has 3 nitrogen and oxygen atoms in total. The van der Waals surface area contributed by atoms with Crippen molar-refractivity contribution >= 4 is 21.6 Å².